The summed E-state index contributed by atoms with van der Waals surface area (Å²) in [7, 11) is 3.08. The van der Waals surface area contributed by atoms with Crippen LogP contribution in [0.15, 0.2) is 103 Å². The number of rotatable bonds is 5. The van der Waals surface area contributed by atoms with Gasteiger partial charge < -0.3 is 20.1 Å². The molecule has 5 rings (SSSR count). The zero-order valence-electron chi connectivity index (χ0n) is 21.5. The van der Waals surface area contributed by atoms with Gasteiger partial charge in [-0.1, -0.05) is 72.8 Å². The molecule has 4 aromatic rings. The van der Waals surface area contributed by atoms with Gasteiger partial charge in [0.1, 0.15) is 11.5 Å². The Bertz CT molecular complexity index is 1460. The van der Waals surface area contributed by atoms with Crippen LogP contribution in [0.5, 0.6) is 11.5 Å². The SMILES string of the molecule is COc1ccccc1NC(=O)N1OC(c2ccccc2)N(C(=O)Nc2ccccc2OC)Cc2ccccc21. The molecule has 0 saturated carbocycles. The molecule has 0 aromatic heterocycles. The minimum Gasteiger partial charge on any atom is -0.495 e. The number of ether oxygens (including phenoxy) is 2. The summed E-state index contributed by atoms with van der Waals surface area (Å²) in [6, 6.07) is 29.9. The van der Waals surface area contributed by atoms with Crippen LogP contribution < -0.4 is 25.2 Å². The average molecular weight is 525 g/mol. The minimum absolute atomic E-state index is 0.176. The first-order chi connectivity index (χ1) is 19.1. The predicted molar refractivity (Wildman–Crippen MR) is 149 cm³/mol. The fourth-order valence-electron chi connectivity index (χ4n) is 4.37. The van der Waals surface area contributed by atoms with Gasteiger partial charge in [-0.05, 0) is 35.9 Å². The number of benzene rings is 4. The van der Waals surface area contributed by atoms with Crippen molar-refractivity contribution in [3.05, 3.63) is 114 Å². The van der Waals surface area contributed by atoms with Gasteiger partial charge in [-0.15, -0.1) is 0 Å². The summed E-state index contributed by atoms with van der Waals surface area (Å²) in [5.41, 5.74) is 2.92. The molecule has 2 N–H and O–H groups in total. The molecule has 1 heterocycles. The molecule has 0 aliphatic carbocycles. The Morgan fingerprint density at radius 3 is 1.90 bits per heavy atom. The maximum Gasteiger partial charge on any atom is 0.350 e. The van der Waals surface area contributed by atoms with E-state index < -0.39 is 18.3 Å². The number of carbonyl (C=O) groups is 2. The van der Waals surface area contributed by atoms with Crippen molar-refractivity contribution in [2.45, 2.75) is 12.8 Å². The quantitative estimate of drug-likeness (QED) is 0.314. The lowest BCUT2D eigenvalue weighted by Crippen LogP contribution is -2.42. The summed E-state index contributed by atoms with van der Waals surface area (Å²) >= 11 is 0. The van der Waals surface area contributed by atoms with E-state index in [0.29, 0.717) is 34.1 Å². The molecule has 198 valence electrons. The second kappa shape index (κ2) is 11.6. The van der Waals surface area contributed by atoms with Crippen LogP contribution in [0.25, 0.3) is 0 Å². The van der Waals surface area contributed by atoms with Crippen LogP contribution >= 0.6 is 0 Å². The molecule has 4 aromatic carbocycles. The number of urea groups is 2. The summed E-state index contributed by atoms with van der Waals surface area (Å²) in [5, 5.41) is 7.00. The van der Waals surface area contributed by atoms with E-state index in [1.807, 2.05) is 66.7 Å². The zero-order valence-corrected chi connectivity index (χ0v) is 21.5. The predicted octanol–water partition coefficient (Wildman–Crippen LogP) is 6.42. The Balaban J connectivity index is 1.53. The molecule has 0 saturated heterocycles. The standard InChI is InChI=1S/C30H28N4O5/c1-37-26-18-10-7-15-23(26)31-29(35)33-20-22-14-6-9-17-25(22)34(39-28(33)21-12-4-3-5-13-21)30(36)32-24-16-8-11-19-27(24)38-2/h3-19,28H,20H2,1-2H3,(H,31,35)(H,32,36). The monoisotopic (exact) mass is 524 g/mol. The molecule has 9 heteroatoms. The number of nitrogens with one attached hydrogen (secondary N) is 2. The van der Waals surface area contributed by atoms with Crippen molar-refractivity contribution in [2.75, 3.05) is 29.9 Å². The number of hydrogen-bond acceptors (Lipinski definition) is 5. The molecule has 9 nitrogen and oxygen atoms in total. The van der Waals surface area contributed by atoms with E-state index >= 15 is 0 Å². The van der Waals surface area contributed by atoms with Crippen molar-refractivity contribution < 1.29 is 23.9 Å². The third-order valence-electron chi connectivity index (χ3n) is 6.27. The molecular formula is C30H28N4O5. The van der Waals surface area contributed by atoms with E-state index in [1.54, 1.807) is 43.5 Å². The van der Waals surface area contributed by atoms with Gasteiger partial charge in [0.05, 0.1) is 37.8 Å². The number of amides is 4. The van der Waals surface area contributed by atoms with Crippen molar-refractivity contribution in [3.8, 4) is 11.5 Å². The molecule has 39 heavy (non-hydrogen) atoms. The molecule has 0 fully saturated rings. The van der Waals surface area contributed by atoms with Gasteiger partial charge in [0.25, 0.3) is 0 Å². The van der Waals surface area contributed by atoms with Crippen molar-refractivity contribution in [3.63, 3.8) is 0 Å². The summed E-state index contributed by atoms with van der Waals surface area (Å²) in [4.78, 5) is 35.4. The largest absolute Gasteiger partial charge is 0.495 e. The lowest BCUT2D eigenvalue weighted by atomic mass is 10.1. The molecule has 0 bridgehead atoms. The van der Waals surface area contributed by atoms with Crippen LogP contribution in [0.1, 0.15) is 17.4 Å². The van der Waals surface area contributed by atoms with E-state index in [0.717, 1.165) is 5.56 Å². The summed E-state index contributed by atoms with van der Waals surface area (Å²) in [6.07, 6.45) is -0.934. The number of methoxy groups -OCH3 is 2. The first kappa shape index (κ1) is 25.6. The van der Waals surface area contributed by atoms with E-state index in [9.17, 15) is 9.59 Å². The summed E-state index contributed by atoms with van der Waals surface area (Å²) < 4.78 is 10.8. The maximum atomic E-state index is 13.8. The van der Waals surface area contributed by atoms with Crippen LogP contribution in [0.3, 0.4) is 0 Å². The highest BCUT2D eigenvalue weighted by atomic mass is 16.7. The Morgan fingerprint density at radius 1 is 0.718 bits per heavy atom. The van der Waals surface area contributed by atoms with Crippen LogP contribution in [-0.4, -0.2) is 31.2 Å². The number of fused-ring (bicyclic) bond motifs is 1. The minimum atomic E-state index is -0.934. The van der Waals surface area contributed by atoms with Crippen molar-refractivity contribution in [1.82, 2.24) is 4.90 Å². The normalized spacial score (nSPS) is 14.6. The first-order valence-electron chi connectivity index (χ1n) is 12.3. The molecule has 1 atom stereocenters. The Hall–Kier alpha value is -5.02. The number of para-hydroxylation sites is 5. The highest BCUT2D eigenvalue weighted by Crippen LogP contribution is 2.36. The molecule has 1 aliphatic heterocycles. The lowest BCUT2D eigenvalue weighted by molar-refractivity contribution is -0.0366. The van der Waals surface area contributed by atoms with Gasteiger partial charge in [-0.2, -0.15) is 5.06 Å². The molecule has 4 amide bonds. The number of carbonyl (C=O) groups excluding carboxylic acids is 2. The van der Waals surface area contributed by atoms with Crippen LogP contribution in [0, 0.1) is 0 Å². The van der Waals surface area contributed by atoms with Crippen molar-refractivity contribution in [1.29, 1.82) is 0 Å². The van der Waals surface area contributed by atoms with Gasteiger partial charge >= 0.3 is 12.1 Å². The highest BCUT2D eigenvalue weighted by Gasteiger charge is 2.36. The number of nitrogens with zero attached hydrogens (tertiary/aromatic N) is 2. The first-order valence-corrected chi connectivity index (χ1v) is 12.3. The fourth-order valence-corrected chi connectivity index (χ4v) is 4.37. The zero-order chi connectivity index (χ0) is 27.2. The number of anilines is 3. The average Bonchev–Trinajstić information content (AvgIpc) is 3.16. The second-order valence-electron chi connectivity index (χ2n) is 8.68. The Labute approximate surface area is 226 Å². The number of hydroxylamine groups is 1. The van der Waals surface area contributed by atoms with E-state index in [1.165, 1.54) is 17.1 Å². The third-order valence-corrected chi connectivity index (χ3v) is 6.27. The lowest BCUT2D eigenvalue weighted by Gasteiger charge is -2.31. The summed E-state index contributed by atoms with van der Waals surface area (Å²) in [6.45, 7) is 0.176. The van der Waals surface area contributed by atoms with Crippen LogP contribution in [0.4, 0.5) is 26.7 Å². The molecule has 0 spiro atoms. The second-order valence-corrected chi connectivity index (χ2v) is 8.68. The molecule has 1 aliphatic rings. The van der Waals surface area contributed by atoms with Crippen molar-refractivity contribution in [2.24, 2.45) is 0 Å². The van der Waals surface area contributed by atoms with Gasteiger partial charge in [0.2, 0.25) is 0 Å². The third kappa shape index (κ3) is 5.48. The summed E-state index contributed by atoms with van der Waals surface area (Å²) in [5.74, 6) is 1.03. The smallest absolute Gasteiger partial charge is 0.350 e. The van der Waals surface area contributed by atoms with Gasteiger partial charge in [0.15, 0.2) is 6.23 Å². The molecule has 1 unspecified atom stereocenters. The van der Waals surface area contributed by atoms with Gasteiger partial charge in [0, 0.05) is 5.56 Å². The van der Waals surface area contributed by atoms with E-state index in [2.05, 4.69) is 10.6 Å². The topological polar surface area (TPSA) is 92.4 Å². The van der Waals surface area contributed by atoms with Crippen LogP contribution in [0.2, 0.25) is 0 Å². The highest BCUT2D eigenvalue weighted by molar-refractivity contribution is 6.02. The van der Waals surface area contributed by atoms with E-state index in [4.69, 9.17) is 14.3 Å². The van der Waals surface area contributed by atoms with E-state index in [-0.39, 0.29) is 6.54 Å². The number of hydrogen-bond donors (Lipinski definition) is 2. The Kier molecular flexibility index (Phi) is 7.60. The molecular weight excluding hydrogens is 496 g/mol. The van der Waals surface area contributed by atoms with Gasteiger partial charge in [-0.25, -0.2) is 14.4 Å². The van der Waals surface area contributed by atoms with Crippen LogP contribution in [-0.2, 0) is 11.4 Å². The Morgan fingerprint density at radius 2 is 1.26 bits per heavy atom. The van der Waals surface area contributed by atoms with Gasteiger partial charge in [-0.3, -0.25) is 4.90 Å². The fraction of sp³-hybridized carbons (Fsp3) is 0.133. The maximum absolute atomic E-state index is 13.8. The van der Waals surface area contributed by atoms with Crippen molar-refractivity contribution >= 4 is 29.1 Å². The molecule has 0 radical (unpaired) electrons.